The summed E-state index contributed by atoms with van der Waals surface area (Å²) in [7, 11) is 0. The molecule has 0 fully saturated rings. The molecule has 20 heavy (non-hydrogen) atoms. The monoisotopic (exact) mass is 334 g/mol. The van der Waals surface area contributed by atoms with E-state index in [0.717, 1.165) is 27.9 Å². The minimum absolute atomic E-state index is 0.331. The largest absolute Gasteiger partial charge is 0.458 e. The number of hydrogen-bond acceptors (Lipinski definition) is 4. The van der Waals surface area contributed by atoms with Gasteiger partial charge in [0, 0.05) is 41.7 Å². The van der Waals surface area contributed by atoms with Crippen LogP contribution in [0.25, 0.3) is 11.1 Å². The van der Waals surface area contributed by atoms with Crippen LogP contribution in [-0.2, 0) is 13.1 Å². The standard InChI is InChI=1S/C14H15BrN4O/c1-10(8-19-3-2-16-9-19)17-7-12-5-13-14(20-12)4-11(15)6-18-13/h2-6,9-10,17H,7-8H2,1H3. The minimum atomic E-state index is 0.331. The Bertz CT molecular complexity index is 692. The zero-order valence-corrected chi connectivity index (χ0v) is 12.7. The van der Waals surface area contributed by atoms with E-state index in [0.29, 0.717) is 12.6 Å². The van der Waals surface area contributed by atoms with Gasteiger partial charge in [-0.2, -0.15) is 0 Å². The van der Waals surface area contributed by atoms with Gasteiger partial charge in [-0.1, -0.05) is 0 Å². The molecule has 0 saturated heterocycles. The van der Waals surface area contributed by atoms with E-state index in [4.69, 9.17) is 4.42 Å². The van der Waals surface area contributed by atoms with Crippen LogP contribution < -0.4 is 5.32 Å². The first-order valence-electron chi connectivity index (χ1n) is 6.44. The number of halogens is 1. The van der Waals surface area contributed by atoms with E-state index in [1.165, 1.54) is 0 Å². The lowest BCUT2D eigenvalue weighted by Crippen LogP contribution is -2.29. The van der Waals surface area contributed by atoms with Crippen LogP contribution in [0.4, 0.5) is 0 Å². The third-order valence-corrected chi connectivity index (χ3v) is 3.49. The SMILES string of the molecule is CC(Cn1ccnc1)NCc1cc2ncc(Br)cc2o1. The molecule has 5 nitrogen and oxygen atoms in total. The molecule has 0 saturated carbocycles. The summed E-state index contributed by atoms with van der Waals surface area (Å²) in [6.07, 6.45) is 7.34. The van der Waals surface area contributed by atoms with Crippen molar-refractivity contribution in [3.05, 3.63) is 47.3 Å². The second-order valence-corrected chi connectivity index (χ2v) is 5.71. The fourth-order valence-electron chi connectivity index (χ4n) is 2.08. The van der Waals surface area contributed by atoms with Crippen LogP contribution in [-0.4, -0.2) is 20.6 Å². The molecule has 0 aliphatic heterocycles. The van der Waals surface area contributed by atoms with E-state index in [1.807, 2.05) is 24.7 Å². The van der Waals surface area contributed by atoms with E-state index >= 15 is 0 Å². The molecule has 104 valence electrons. The molecular formula is C14H15BrN4O. The van der Waals surface area contributed by atoms with Crippen molar-refractivity contribution in [3.8, 4) is 0 Å². The molecule has 0 amide bonds. The Morgan fingerprint density at radius 3 is 3.15 bits per heavy atom. The van der Waals surface area contributed by atoms with Crippen molar-refractivity contribution in [2.75, 3.05) is 0 Å². The average molecular weight is 335 g/mol. The fourth-order valence-corrected chi connectivity index (χ4v) is 2.39. The summed E-state index contributed by atoms with van der Waals surface area (Å²) < 4.78 is 8.73. The molecule has 1 N–H and O–H groups in total. The highest BCUT2D eigenvalue weighted by Crippen LogP contribution is 2.20. The van der Waals surface area contributed by atoms with Crippen molar-refractivity contribution in [3.63, 3.8) is 0 Å². The van der Waals surface area contributed by atoms with Crippen molar-refractivity contribution in [1.29, 1.82) is 0 Å². The van der Waals surface area contributed by atoms with Crippen LogP contribution >= 0.6 is 15.9 Å². The topological polar surface area (TPSA) is 55.9 Å². The van der Waals surface area contributed by atoms with Gasteiger partial charge >= 0.3 is 0 Å². The summed E-state index contributed by atoms with van der Waals surface area (Å²) in [4.78, 5) is 8.34. The van der Waals surface area contributed by atoms with Gasteiger partial charge in [0.25, 0.3) is 0 Å². The van der Waals surface area contributed by atoms with Gasteiger partial charge in [0.15, 0.2) is 5.58 Å². The van der Waals surface area contributed by atoms with Crippen molar-refractivity contribution in [1.82, 2.24) is 19.9 Å². The van der Waals surface area contributed by atoms with Crippen LogP contribution in [0, 0.1) is 0 Å². The smallest absolute Gasteiger partial charge is 0.153 e. The molecule has 0 spiro atoms. The van der Waals surface area contributed by atoms with Gasteiger partial charge in [0.05, 0.1) is 12.9 Å². The molecular weight excluding hydrogens is 320 g/mol. The van der Waals surface area contributed by atoms with E-state index in [2.05, 4.69) is 42.7 Å². The van der Waals surface area contributed by atoms with Gasteiger partial charge in [0.1, 0.15) is 11.3 Å². The summed E-state index contributed by atoms with van der Waals surface area (Å²) in [5.41, 5.74) is 1.69. The molecule has 0 bridgehead atoms. The summed E-state index contributed by atoms with van der Waals surface area (Å²) >= 11 is 3.39. The second kappa shape index (κ2) is 5.76. The number of furan rings is 1. The highest BCUT2D eigenvalue weighted by Gasteiger charge is 2.07. The molecule has 0 aliphatic carbocycles. The molecule has 0 radical (unpaired) electrons. The molecule has 3 rings (SSSR count). The van der Waals surface area contributed by atoms with Gasteiger partial charge in [0.2, 0.25) is 0 Å². The lowest BCUT2D eigenvalue weighted by molar-refractivity contribution is 0.439. The third kappa shape index (κ3) is 3.08. The number of fused-ring (bicyclic) bond motifs is 1. The van der Waals surface area contributed by atoms with Crippen LogP contribution in [0.15, 0.2) is 45.9 Å². The number of nitrogens with zero attached hydrogens (tertiary/aromatic N) is 3. The van der Waals surface area contributed by atoms with Crippen molar-refractivity contribution >= 4 is 27.0 Å². The number of nitrogens with one attached hydrogen (secondary N) is 1. The summed E-state index contributed by atoms with van der Waals surface area (Å²) in [6, 6.07) is 4.23. The van der Waals surface area contributed by atoms with Gasteiger partial charge < -0.3 is 14.3 Å². The normalized spacial score (nSPS) is 12.9. The summed E-state index contributed by atoms with van der Waals surface area (Å²) in [6.45, 7) is 3.70. The lowest BCUT2D eigenvalue weighted by atomic mass is 10.3. The molecule has 1 atom stereocenters. The fraction of sp³-hybridized carbons (Fsp3) is 0.286. The van der Waals surface area contributed by atoms with Gasteiger partial charge in [-0.15, -0.1) is 0 Å². The highest BCUT2D eigenvalue weighted by atomic mass is 79.9. The zero-order chi connectivity index (χ0) is 13.9. The number of rotatable bonds is 5. The van der Waals surface area contributed by atoms with E-state index in [-0.39, 0.29) is 0 Å². The second-order valence-electron chi connectivity index (χ2n) is 4.79. The Balaban J connectivity index is 1.61. The van der Waals surface area contributed by atoms with E-state index in [9.17, 15) is 0 Å². The van der Waals surface area contributed by atoms with Crippen LogP contribution in [0.3, 0.4) is 0 Å². The van der Waals surface area contributed by atoms with Gasteiger partial charge in [-0.3, -0.25) is 4.98 Å². The molecule has 3 aromatic heterocycles. The minimum Gasteiger partial charge on any atom is -0.458 e. The molecule has 6 heteroatoms. The first-order valence-corrected chi connectivity index (χ1v) is 7.23. The van der Waals surface area contributed by atoms with Crippen LogP contribution in [0.5, 0.6) is 0 Å². The number of hydrogen-bond donors (Lipinski definition) is 1. The predicted molar refractivity (Wildman–Crippen MR) is 80.2 cm³/mol. The number of aromatic nitrogens is 3. The average Bonchev–Trinajstić information content (AvgIpc) is 3.04. The predicted octanol–water partition coefficient (Wildman–Crippen LogP) is 2.97. The Morgan fingerprint density at radius 2 is 2.35 bits per heavy atom. The maximum atomic E-state index is 5.76. The van der Waals surface area contributed by atoms with E-state index in [1.54, 1.807) is 12.4 Å². The van der Waals surface area contributed by atoms with Crippen molar-refractivity contribution < 1.29 is 4.42 Å². The molecule has 0 aliphatic rings. The molecule has 3 heterocycles. The van der Waals surface area contributed by atoms with Crippen LogP contribution in [0.2, 0.25) is 0 Å². The number of imidazole rings is 1. The first-order chi connectivity index (χ1) is 9.70. The van der Waals surface area contributed by atoms with Crippen molar-refractivity contribution in [2.45, 2.75) is 26.1 Å². The molecule has 3 aromatic rings. The maximum Gasteiger partial charge on any atom is 0.153 e. The quantitative estimate of drug-likeness (QED) is 0.779. The van der Waals surface area contributed by atoms with Gasteiger partial charge in [-0.05, 0) is 28.9 Å². The van der Waals surface area contributed by atoms with E-state index < -0.39 is 0 Å². The molecule has 0 aromatic carbocycles. The molecule has 1 unspecified atom stereocenters. The third-order valence-electron chi connectivity index (χ3n) is 3.06. The van der Waals surface area contributed by atoms with Crippen molar-refractivity contribution in [2.24, 2.45) is 0 Å². The summed E-state index contributed by atoms with van der Waals surface area (Å²) in [5.74, 6) is 0.892. The highest BCUT2D eigenvalue weighted by molar-refractivity contribution is 9.10. The van der Waals surface area contributed by atoms with Gasteiger partial charge in [-0.25, -0.2) is 4.98 Å². The Labute approximate surface area is 125 Å². The van der Waals surface area contributed by atoms with Crippen LogP contribution in [0.1, 0.15) is 12.7 Å². The maximum absolute atomic E-state index is 5.76. The number of pyridine rings is 1. The Kier molecular flexibility index (Phi) is 3.84. The first kappa shape index (κ1) is 13.3. The Morgan fingerprint density at radius 1 is 1.45 bits per heavy atom. The zero-order valence-electron chi connectivity index (χ0n) is 11.1. The Hall–Kier alpha value is -1.66. The summed E-state index contributed by atoms with van der Waals surface area (Å²) in [5, 5.41) is 3.43. The lowest BCUT2D eigenvalue weighted by Gasteiger charge is -2.13.